The van der Waals surface area contributed by atoms with Crippen molar-refractivity contribution < 1.29 is 14.4 Å². The molecule has 1 aromatic rings. The number of hydrazine groups is 1. The largest absolute Gasteiger partial charge is 0.354 e. The van der Waals surface area contributed by atoms with Crippen LogP contribution in [0.5, 0.6) is 0 Å². The summed E-state index contributed by atoms with van der Waals surface area (Å²) in [6.07, 6.45) is 1.03. The van der Waals surface area contributed by atoms with Crippen molar-refractivity contribution in [1.82, 2.24) is 16.1 Å². The fourth-order valence-corrected chi connectivity index (χ4v) is 2.27. The monoisotopic (exact) mass is 359 g/mol. The summed E-state index contributed by atoms with van der Waals surface area (Å²) in [5, 5.41) is 6.77. The van der Waals surface area contributed by atoms with Gasteiger partial charge in [0.2, 0.25) is 11.7 Å². The minimum Gasteiger partial charge on any atom is -0.354 e. The average molecular weight is 359 g/mol. The number of anilines is 1. The van der Waals surface area contributed by atoms with E-state index in [1.54, 1.807) is 12.1 Å². The number of hydrogen-bond acceptors (Lipinski definition) is 5. The number of benzene rings is 1. The topological polar surface area (TPSA) is 103 Å². The molecule has 0 saturated carbocycles. The Hall–Kier alpha value is -2.90. The lowest BCUT2D eigenvalue weighted by atomic mass is 10.2. The Kier molecular flexibility index (Phi) is 6.71. The second kappa shape index (κ2) is 8.98. The van der Waals surface area contributed by atoms with Gasteiger partial charge in [-0.2, -0.15) is 0 Å². The number of rotatable bonds is 7. The molecule has 1 aliphatic rings. The van der Waals surface area contributed by atoms with Crippen LogP contribution in [-0.2, 0) is 14.4 Å². The molecular formula is C18H25N5O3. The number of nitrogens with one attached hydrogen (secondary N) is 3. The van der Waals surface area contributed by atoms with Crippen LogP contribution in [0.1, 0.15) is 32.3 Å². The molecule has 1 atom stereocenters. The normalized spacial score (nSPS) is 15.0. The van der Waals surface area contributed by atoms with E-state index < -0.39 is 5.91 Å². The van der Waals surface area contributed by atoms with Crippen molar-refractivity contribution in [3.8, 4) is 0 Å². The first-order chi connectivity index (χ1) is 12.4. The minimum atomic E-state index is -0.453. The molecule has 0 bridgehead atoms. The Balaban J connectivity index is 1.88. The van der Waals surface area contributed by atoms with Gasteiger partial charge in [-0.05, 0) is 32.4 Å². The summed E-state index contributed by atoms with van der Waals surface area (Å²) < 4.78 is 0. The van der Waals surface area contributed by atoms with Gasteiger partial charge in [0.15, 0.2) is 0 Å². The number of amides is 3. The molecule has 0 fully saturated rings. The molecule has 2 rings (SSSR count). The molecule has 3 amide bonds. The van der Waals surface area contributed by atoms with Gasteiger partial charge >= 0.3 is 0 Å². The van der Waals surface area contributed by atoms with E-state index in [2.05, 4.69) is 21.1 Å². The Morgan fingerprint density at radius 2 is 2.00 bits per heavy atom. The van der Waals surface area contributed by atoms with Gasteiger partial charge in [0.25, 0.3) is 11.8 Å². The summed E-state index contributed by atoms with van der Waals surface area (Å²) >= 11 is 0. The molecule has 140 valence electrons. The third-order valence-electron chi connectivity index (χ3n) is 4.00. The number of amidine groups is 1. The Morgan fingerprint density at radius 1 is 1.31 bits per heavy atom. The van der Waals surface area contributed by atoms with Crippen LogP contribution in [0.4, 0.5) is 5.69 Å². The molecule has 8 nitrogen and oxygen atoms in total. The molecule has 3 N–H and O–H groups in total. The van der Waals surface area contributed by atoms with Gasteiger partial charge in [-0.25, -0.2) is 5.01 Å². The maximum absolute atomic E-state index is 12.2. The molecule has 26 heavy (non-hydrogen) atoms. The number of aliphatic imine (C=N–C) groups is 1. The van der Waals surface area contributed by atoms with Gasteiger partial charge in [-0.3, -0.25) is 24.8 Å². The molecule has 0 spiro atoms. The Morgan fingerprint density at radius 3 is 2.65 bits per heavy atom. The van der Waals surface area contributed by atoms with Crippen LogP contribution in [0.25, 0.3) is 0 Å². The van der Waals surface area contributed by atoms with Gasteiger partial charge in [0.05, 0.1) is 5.69 Å². The number of aryl methyl sites for hydroxylation is 1. The van der Waals surface area contributed by atoms with Crippen LogP contribution in [-0.4, -0.2) is 42.7 Å². The van der Waals surface area contributed by atoms with Crippen LogP contribution in [0, 0.1) is 6.92 Å². The third kappa shape index (κ3) is 5.30. The summed E-state index contributed by atoms with van der Waals surface area (Å²) in [6.45, 7) is 5.94. The van der Waals surface area contributed by atoms with Crippen molar-refractivity contribution in [2.24, 2.45) is 4.99 Å². The van der Waals surface area contributed by atoms with Gasteiger partial charge in [0.1, 0.15) is 6.54 Å². The molecule has 0 aliphatic carbocycles. The maximum atomic E-state index is 12.2. The molecule has 1 unspecified atom stereocenters. The first-order valence-corrected chi connectivity index (χ1v) is 8.69. The highest BCUT2D eigenvalue weighted by molar-refractivity contribution is 6.39. The Bertz CT molecular complexity index is 699. The van der Waals surface area contributed by atoms with Crippen molar-refractivity contribution in [2.75, 3.05) is 18.1 Å². The highest BCUT2D eigenvalue weighted by Gasteiger charge is 2.25. The SMILES string of the molecule is CCC(C)NC(=O)CCNC(=O)C1=NCC(=O)N(c2ccc(C)cc2)N1. The van der Waals surface area contributed by atoms with Crippen LogP contribution in [0.15, 0.2) is 29.3 Å². The van der Waals surface area contributed by atoms with E-state index in [4.69, 9.17) is 0 Å². The predicted molar refractivity (Wildman–Crippen MR) is 99.6 cm³/mol. The van der Waals surface area contributed by atoms with Crippen molar-refractivity contribution in [3.63, 3.8) is 0 Å². The van der Waals surface area contributed by atoms with Crippen molar-refractivity contribution in [1.29, 1.82) is 0 Å². The fraction of sp³-hybridized carbons (Fsp3) is 0.444. The molecule has 1 aliphatic heterocycles. The van der Waals surface area contributed by atoms with Gasteiger partial charge in [0, 0.05) is 19.0 Å². The van der Waals surface area contributed by atoms with Crippen LogP contribution in [0.2, 0.25) is 0 Å². The van der Waals surface area contributed by atoms with Crippen molar-refractivity contribution in [3.05, 3.63) is 29.8 Å². The number of carbonyl (C=O) groups excluding carboxylic acids is 3. The summed E-state index contributed by atoms with van der Waals surface area (Å²) in [4.78, 5) is 40.0. The molecular weight excluding hydrogens is 334 g/mol. The Labute approximate surface area is 153 Å². The van der Waals surface area contributed by atoms with E-state index in [1.807, 2.05) is 32.9 Å². The first-order valence-electron chi connectivity index (χ1n) is 8.69. The van der Waals surface area contributed by atoms with Gasteiger partial charge in [-0.15, -0.1) is 0 Å². The summed E-state index contributed by atoms with van der Waals surface area (Å²) in [7, 11) is 0. The van der Waals surface area contributed by atoms with Crippen LogP contribution >= 0.6 is 0 Å². The lowest BCUT2D eigenvalue weighted by molar-refractivity contribution is -0.121. The molecule has 0 saturated heterocycles. The smallest absolute Gasteiger partial charge is 0.288 e. The van der Waals surface area contributed by atoms with E-state index >= 15 is 0 Å². The highest BCUT2D eigenvalue weighted by atomic mass is 16.2. The first kappa shape index (κ1) is 19.4. The third-order valence-corrected chi connectivity index (χ3v) is 4.00. The molecule has 1 heterocycles. The van der Waals surface area contributed by atoms with Crippen LogP contribution < -0.4 is 21.1 Å². The van der Waals surface area contributed by atoms with E-state index in [0.29, 0.717) is 5.69 Å². The summed E-state index contributed by atoms with van der Waals surface area (Å²) in [6, 6.07) is 7.45. The second-order valence-electron chi connectivity index (χ2n) is 6.22. The molecule has 8 heteroatoms. The maximum Gasteiger partial charge on any atom is 0.288 e. The lowest BCUT2D eigenvalue weighted by Crippen LogP contribution is -2.56. The van der Waals surface area contributed by atoms with E-state index in [9.17, 15) is 14.4 Å². The quantitative estimate of drug-likeness (QED) is 0.666. The number of hydrogen-bond donors (Lipinski definition) is 3. The average Bonchev–Trinajstić information content (AvgIpc) is 2.62. The molecule has 1 aromatic carbocycles. The molecule has 0 radical (unpaired) electrons. The number of nitrogens with zero attached hydrogens (tertiary/aromatic N) is 2. The second-order valence-corrected chi connectivity index (χ2v) is 6.22. The van der Waals surface area contributed by atoms with Crippen molar-refractivity contribution in [2.45, 2.75) is 39.7 Å². The van der Waals surface area contributed by atoms with Crippen LogP contribution in [0.3, 0.4) is 0 Å². The standard InChI is InChI=1S/C18H25N5O3/c1-4-13(3)21-15(24)9-10-19-18(26)17-20-11-16(25)23(22-17)14-7-5-12(2)6-8-14/h5-8,13H,4,9-11H2,1-3H3,(H,19,26)(H,20,22)(H,21,24). The van der Waals surface area contributed by atoms with E-state index in [-0.39, 0.29) is 43.2 Å². The van der Waals surface area contributed by atoms with Gasteiger partial charge in [-0.1, -0.05) is 24.6 Å². The number of carbonyl (C=O) groups is 3. The zero-order valence-corrected chi connectivity index (χ0v) is 15.3. The highest BCUT2D eigenvalue weighted by Crippen LogP contribution is 2.15. The van der Waals surface area contributed by atoms with Crippen molar-refractivity contribution >= 4 is 29.2 Å². The minimum absolute atomic E-state index is 0.0486. The summed E-state index contributed by atoms with van der Waals surface area (Å²) in [5.74, 6) is -0.772. The predicted octanol–water partition coefficient (Wildman–Crippen LogP) is 0.666. The lowest BCUT2D eigenvalue weighted by Gasteiger charge is -2.27. The zero-order valence-electron chi connectivity index (χ0n) is 15.3. The van der Waals surface area contributed by atoms with E-state index in [0.717, 1.165) is 12.0 Å². The summed E-state index contributed by atoms with van der Waals surface area (Å²) in [5.41, 5.74) is 4.44. The molecule has 0 aromatic heterocycles. The van der Waals surface area contributed by atoms with Gasteiger partial charge < -0.3 is 10.6 Å². The fourth-order valence-electron chi connectivity index (χ4n) is 2.27. The zero-order chi connectivity index (χ0) is 19.1. The van der Waals surface area contributed by atoms with E-state index in [1.165, 1.54) is 5.01 Å².